The lowest BCUT2D eigenvalue weighted by Gasteiger charge is -2.42. The van der Waals surface area contributed by atoms with Gasteiger partial charge < -0.3 is 5.11 Å². The zero-order valence-electron chi connectivity index (χ0n) is 16.5. The molecule has 0 amide bonds. The lowest BCUT2D eigenvalue weighted by Crippen LogP contribution is -2.34. The van der Waals surface area contributed by atoms with Crippen molar-refractivity contribution in [3.63, 3.8) is 0 Å². The Morgan fingerprint density at radius 3 is 2.07 bits per heavy atom. The van der Waals surface area contributed by atoms with E-state index >= 15 is 0 Å². The van der Waals surface area contributed by atoms with E-state index in [1.165, 1.54) is 35.1 Å². The van der Waals surface area contributed by atoms with Crippen LogP contribution in [0.1, 0.15) is 78.7 Å². The summed E-state index contributed by atoms with van der Waals surface area (Å²) in [6.45, 7) is 9.37. The Labute approximate surface area is 170 Å². The van der Waals surface area contributed by atoms with Gasteiger partial charge in [-0.15, -0.1) is 0 Å². The predicted molar refractivity (Wildman–Crippen MR) is 117 cm³/mol. The van der Waals surface area contributed by atoms with Crippen molar-refractivity contribution in [1.82, 2.24) is 0 Å². The maximum absolute atomic E-state index is 11.0. The summed E-state index contributed by atoms with van der Waals surface area (Å²) in [6, 6.07) is 11.7. The molecule has 0 heterocycles. The number of carboxylic acid groups (broad SMARTS) is 1. The van der Waals surface area contributed by atoms with Gasteiger partial charge in [0, 0.05) is 5.33 Å². The molecule has 2 aromatic carbocycles. The highest BCUT2D eigenvalue weighted by atomic mass is 79.9. The number of hydrogen-bond acceptors (Lipinski definition) is 1. The molecule has 27 heavy (non-hydrogen) atoms. The quantitative estimate of drug-likeness (QED) is 0.430. The SMILES string of the molecule is CC1(C)CCC(C)(C)c2cc(CBr)c(/C=C/c3ccc(C(=O)O)cc3)cc21. The van der Waals surface area contributed by atoms with Crippen LogP contribution in [0, 0.1) is 0 Å². The Balaban J connectivity index is 2.02. The van der Waals surface area contributed by atoms with E-state index in [0.29, 0.717) is 5.56 Å². The molecule has 0 bridgehead atoms. The number of aromatic carboxylic acids is 1. The summed E-state index contributed by atoms with van der Waals surface area (Å²) in [5, 5.41) is 9.85. The summed E-state index contributed by atoms with van der Waals surface area (Å²) < 4.78 is 0. The van der Waals surface area contributed by atoms with E-state index in [1.54, 1.807) is 12.1 Å². The molecule has 0 unspecified atom stereocenters. The first-order valence-electron chi connectivity index (χ1n) is 9.39. The summed E-state index contributed by atoms with van der Waals surface area (Å²) in [7, 11) is 0. The molecule has 2 aromatic rings. The molecule has 1 aliphatic carbocycles. The number of rotatable bonds is 4. The van der Waals surface area contributed by atoms with Crippen LogP contribution in [0.15, 0.2) is 36.4 Å². The zero-order valence-corrected chi connectivity index (χ0v) is 18.1. The minimum absolute atomic E-state index is 0.182. The van der Waals surface area contributed by atoms with Gasteiger partial charge in [-0.3, -0.25) is 0 Å². The maximum atomic E-state index is 11.0. The van der Waals surface area contributed by atoms with Gasteiger partial charge in [0.1, 0.15) is 0 Å². The van der Waals surface area contributed by atoms with Crippen molar-refractivity contribution in [1.29, 1.82) is 0 Å². The van der Waals surface area contributed by atoms with Gasteiger partial charge in [-0.1, -0.05) is 80.0 Å². The molecule has 0 radical (unpaired) electrons. The molecule has 1 N–H and O–H groups in total. The van der Waals surface area contributed by atoms with Crippen molar-refractivity contribution < 1.29 is 9.90 Å². The van der Waals surface area contributed by atoms with E-state index in [2.05, 4.69) is 67.9 Å². The first kappa shape index (κ1) is 19.9. The Hall–Kier alpha value is -1.87. The van der Waals surface area contributed by atoms with Crippen molar-refractivity contribution in [2.45, 2.75) is 56.7 Å². The number of halogens is 1. The van der Waals surface area contributed by atoms with Crippen molar-refractivity contribution in [3.05, 3.63) is 69.8 Å². The van der Waals surface area contributed by atoms with E-state index < -0.39 is 5.97 Å². The van der Waals surface area contributed by atoms with Gasteiger partial charge >= 0.3 is 5.97 Å². The van der Waals surface area contributed by atoms with Gasteiger partial charge in [-0.2, -0.15) is 0 Å². The number of fused-ring (bicyclic) bond motifs is 1. The molecule has 0 aromatic heterocycles. The van der Waals surface area contributed by atoms with Crippen molar-refractivity contribution in [2.24, 2.45) is 0 Å². The van der Waals surface area contributed by atoms with Crippen LogP contribution in [-0.2, 0) is 16.2 Å². The highest BCUT2D eigenvalue weighted by Crippen LogP contribution is 2.46. The second-order valence-electron chi connectivity index (χ2n) is 8.76. The third-order valence-electron chi connectivity index (χ3n) is 5.87. The van der Waals surface area contributed by atoms with Crippen molar-refractivity contribution >= 4 is 34.1 Å². The first-order valence-corrected chi connectivity index (χ1v) is 10.5. The van der Waals surface area contributed by atoms with Crippen LogP contribution in [0.25, 0.3) is 12.2 Å². The van der Waals surface area contributed by atoms with Gasteiger partial charge in [0.05, 0.1) is 5.56 Å². The van der Waals surface area contributed by atoms with E-state index in [0.717, 1.165) is 10.9 Å². The summed E-state index contributed by atoms with van der Waals surface area (Å²) in [4.78, 5) is 11.0. The molecule has 0 saturated heterocycles. The molecule has 0 atom stereocenters. The summed E-state index contributed by atoms with van der Waals surface area (Å²) in [6.07, 6.45) is 6.60. The van der Waals surface area contributed by atoms with Crippen LogP contribution in [0.5, 0.6) is 0 Å². The van der Waals surface area contributed by atoms with E-state index in [9.17, 15) is 4.79 Å². The Morgan fingerprint density at radius 2 is 1.56 bits per heavy atom. The summed E-state index contributed by atoms with van der Waals surface area (Å²) in [5.41, 5.74) is 7.12. The molecular weight excluding hydrogens is 400 g/mol. The van der Waals surface area contributed by atoms with Gasteiger partial charge in [-0.25, -0.2) is 4.79 Å². The Bertz CT molecular complexity index is 889. The highest BCUT2D eigenvalue weighted by Gasteiger charge is 2.37. The van der Waals surface area contributed by atoms with Crippen LogP contribution < -0.4 is 0 Å². The fourth-order valence-electron chi connectivity index (χ4n) is 3.87. The molecule has 0 spiro atoms. The number of carboxylic acids is 1. The molecule has 0 aliphatic heterocycles. The normalized spacial score (nSPS) is 17.7. The van der Waals surface area contributed by atoms with E-state index in [4.69, 9.17) is 5.11 Å². The van der Waals surface area contributed by atoms with Crippen LogP contribution in [-0.4, -0.2) is 11.1 Å². The second-order valence-corrected chi connectivity index (χ2v) is 9.32. The number of benzene rings is 2. The Morgan fingerprint density at radius 1 is 1.00 bits per heavy atom. The monoisotopic (exact) mass is 426 g/mol. The van der Waals surface area contributed by atoms with Crippen LogP contribution in [0.4, 0.5) is 0 Å². The lowest BCUT2D eigenvalue weighted by atomic mass is 9.62. The topological polar surface area (TPSA) is 37.3 Å². The van der Waals surface area contributed by atoms with Crippen LogP contribution in [0.2, 0.25) is 0 Å². The summed E-state index contributed by atoms with van der Waals surface area (Å²) in [5.74, 6) is -0.897. The largest absolute Gasteiger partial charge is 0.478 e. The molecule has 3 heteroatoms. The maximum Gasteiger partial charge on any atom is 0.335 e. The smallest absolute Gasteiger partial charge is 0.335 e. The van der Waals surface area contributed by atoms with Gasteiger partial charge in [-0.05, 0) is 63.6 Å². The highest BCUT2D eigenvalue weighted by molar-refractivity contribution is 9.08. The average molecular weight is 427 g/mol. The number of carbonyl (C=O) groups is 1. The molecule has 0 saturated carbocycles. The molecule has 0 fully saturated rings. The number of hydrogen-bond donors (Lipinski definition) is 1. The first-order chi connectivity index (χ1) is 12.6. The van der Waals surface area contributed by atoms with Crippen LogP contribution >= 0.6 is 15.9 Å². The van der Waals surface area contributed by atoms with Crippen molar-refractivity contribution in [2.75, 3.05) is 0 Å². The van der Waals surface area contributed by atoms with Gasteiger partial charge in [0.2, 0.25) is 0 Å². The minimum Gasteiger partial charge on any atom is -0.478 e. The molecule has 3 rings (SSSR count). The van der Waals surface area contributed by atoms with Gasteiger partial charge in [0.15, 0.2) is 0 Å². The Kier molecular flexibility index (Phi) is 5.36. The third-order valence-corrected chi connectivity index (χ3v) is 6.47. The molecule has 1 aliphatic rings. The van der Waals surface area contributed by atoms with Crippen LogP contribution in [0.3, 0.4) is 0 Å². The number of alkyl halides is 1. The van der Waals surface area contributed by atoms with E-state index in [1.807, 2.05) is 12.1 Å². The molecule has 142 valence electrons. The average Bonchev–Trinajstić information content (AvgIpc) is 2.63. The fraction of sp³-hybridized carbons (Fsp3) is 0.375. The minimum atomic E-state index is -0.897. The molecule has 2 nitrogen and oxygen atoms in total. The fourth-order valence-corrected chi connectivity index (χ4v) is 4.35. The predicted octanol–water partition coefficient (Wildman–Crippen LogP) is 6.80. The molecular formula is C24H27BrO2. The third kappa shape index (κ3) is 4.03. The van der Waals surface area contributed by atoms with Gasteiger partial charge in [0.25, 0.3) is 0 Å². The zero-order chi connectivity index (χ0) is 19.8. The summed E-state index contributed by atoms with van der Waals surface area (Å²) >= 11 is 3.65. The standard InChI is InChI=1S/C24H27BrO2/c1-23(2)11-12-24(3,4)21-14-19(15-25)18(13-20(21)23)10-7-16-5-8-17(9-6-16)22(26)27/h5-10,13-14H,11-12,15H2,1-4H3,(H,26,27)/b10-7+. The second kappa shape index (κ2) is 7.27. The lowest BCUT2D eigenvalue weighted by molar-refractivity contribution is 0.0697. The van der Waals surface area contributed by atoms with E-state index in [-0.39, 0.29) is 10.8 Å². The van der Waals surface area contributed by atoms with Crippen molar-refractivity contribution in [3.8, 4) is 0 Å².